The Morgan fingerprint density at radius 1 is 0.929 bits per heavy atom. The summed E-state index contributed by atoms with van der Waals surface area (Å²) in [6.07, 6.45) is 0. The van der Waals surface area contributed by atoms with Gasteiger partial charge in [0.15, 0.2) is 0 Å². The molecule has 0 saturated heterocycles. The van der Waals surface area contributed by atoms with Crippen molar-refractivity contribution in [2.45, 2.75) is 39.1 Å². The van der Waals surface area contributed by atoms with Gasteiger partial charge in [0, 0.05) is 0 Å². The van der Waals surface area contributed by atoms with E-state index in [2.05, 4.69) is 5.32 Å². The van der Waals surface area contributed by atoms with Gasteiger partial charge in [-0.2, -0.15) is 8.42 Å². The second-order valence-corrected chi connectivity index (χ2v) is 4.59. The van der Waals surface area contributed by atoms with Crippen molar-refractivity contribution < 1.29 is 27.7 Å². The molecule has 7 nitrogen and oxygen atoms in total. The summed E-state index contributed by atoms with van der Waals surface area (Å²) in [4.78, 5) is 0. The zero-order valence-electron chi connectivity index (χ0n) is 8.51. The molecule has 0 spiro atoms. The van der Waals surface area contributed by atoms with Crippen molar-refractivity contribution >= 4 is 10.4 Å². The first-order valence-electron chi connectivity index (χ1n) is 3.65. The van der Waals surface area contributed by atoms with Crippen LogP contribution in [0.15, 0.2) is 0 Å². The summed E-state index contributed by atoms with van der Waals surface area (Å²) in [5.41, 5.74) is -2.03. The van der Waals surface area contributed by atoms with E-state index in [0.717, 1.165) is 0 Å². The van der Waals surface area contributed by atoms with Crippen LogP contribution in [0.25, 0.3) is 0 Å². The third-order valence-corrected chi connectivity index (χ3v) is 0.612. The first kappa shape index (κ1) is 16.2. The molecular weight excluding hydrogens is 214 g/mol. The van der Waals surface area contributed by atoms with Crippen molar-refractivity contribution in [2.75, 3.05) is 0 Å². The van der Waals surface area contributed by atoms with E-state index in [1.54, 1.807) is 27.7 Å². The third-order valence-electron chi connectivity index (χ3n) is 0.612. The maximum Gasteiger partial charge on any atom is 0.394 e. The second-order valence-electron chi connectivity index (χ2n) is 3.69. The van der Waals surface area contributed by atoms with E-state index in [4.69, 9.17) is 27.7 Å². The molecule has 0 aliphatic carbocycles. The van der Waals surface area contributed by atoms with Crippen molar-refractivity contribution in [3.63, 3.8) is 0 Å². The predicted molar refractivity (Wildman–Crippen MR) is 49.9 cm³/mol. The van der Waals surface area contributed by atoms with Gasteiger partial charge in [0.1, 0.15) is 11.4 Å². The minimum atomic E-state index is -4.67. The molecule has 0 aliphatic heterocycles. The van der Waals surface area contributed by atoms with Crippen LogP contribution in [0.4, 0.5) is 0 Å². The molecule has 0 heterocycles. The van der Waals surface area contributed by atoms with Gasteiger partial charge < -0.3 is 10.2 Å². The van der Waals surface area contributed by atoms with Crippen LogP contribution in [-0.4, -0.2) is 39.2 Å². The Balaban J connectivity index is 0. The monoisotopic (exact) mass is 231 g/mol. The van der Waals surface area contributed by atoms with Gasteiger partial charge in [-0.25, -0.2) is 0 Å². The summed E-state index contributed by atoms with van der Waals surface area (Å²) >= 11 is 0. The lowest BCUT2D eigenvalue weighted by Gasteiger charge is -2.28. The molecule has 0 bridgehead atoms. The highest BCUT2D eigenvalue weighted by Crippen LogP contribution is 2.03. The summed E-state index contributed by atoms with van der Waals surface area (Å²) in [5, 5.41) is 20.7. The number of hydrogen-bond acceptors (Lipinski definition) is 5. The van der Waals surface area contributed by atoms with Crippen molar-refractivity contribution in [1.82, 2.24) is 5.32 Å². The summed E-state index contributed by atoms with van der Waals surface area (Å²) in [6, 6.07) is 0. The molecule has 0 fully saturated rings. The molecule has 0 unspecified atom stereocenters. The average Bonchev–Trinajstić information content (AvgIpc) is 1.42. The largest absolute Gasteiger partial charge is 0.394 e. The minimum absolute atomic E-state index is 1.02. The van der Waals surface area contributed by atoms with E-state index < -0.39 is 21.8 Å². The van der Waals surface area contributed by atoms with Gasteiger partial charge in [0.25, 0.3) is 0 Å². The maximum absolute atomic E-state index is 9.08. The van der Waals surface area contributed by atoms with Crippen molar-refractivity contribution in [1.29, 1.82) is 0 Å². The van der Waals surface area contributed by atoms with Gasteiger partial charge in [0.2, 0.25) is 0 Å². The smallest absolute Gasteiger partial charge is 0.376 e. The summed E-state index contributed by atoms with van der Waals surface area (Å²) in [5.74, 6) is 0. The first-order chi connectivity index (χ1) is 5.71. The Bertz CT molecular complexity index is 226. The standard InChI is InChI=1S/C6H15NO2.H2O4S/c1-5(2,8)7-6(3,4)9;1-5(2,3)4/h7-9H,1-4H3;(H2,1,2,3,4). The Morgan fingerprint density at radius 2 is 1.07 bits per heavy atom. The molecule has 0 rings (SSSR count). The fourth-order valence-corrected chi connectivity index (χ4v) is 0.749. The number of rotatable bonds is 2. The zero-order chi connectivity index (χ0) is 12.2. The molecule has 8 heteroatoms. The normalized spacial score (nSPS) is 13.1. The van der Waals surface area contributed by atoms with Crippen LogP contribution in [0.2, 0.25) is 0 Å². The topological polar surface area (TPSA) is 127 Å². The van der Waals surface area contributed by atoms with Crippen LogP contribution in [0.1, 0.15) is 27.7 Å². The van der Waals surface area contributed by atoms with Gasteiger partial charge in [-0.1, -0.05) is 0 Å². The Morgan fingerprint density at radius 3 is 1.07 bits per heavy atom. The van der Waals surface area contributed by atoms with Gasteiger partial charge in [0.05, 0.1) is 0 Å². The Kier molecular flexibility index (Phi) is 5.79. The molecule has 0 aromatic carbocycles. The van der Waals surface area contributed by atoms with Crippen LogP contribution < -0.4 is 5.32 Å². The average molecular weight is 231 g/mol. The molecule has 0 atom stereocenters. The Hall–Kier alpha value is -0.250. The van der Waals surface area contributed by atoms with Gasteiger partial charge in [-0.15, -0.1) is 0 Å². The highest BCUT2D eigenvalue weighted by Gasteiger charge is 2.21. The van der Waals surface area contributed by atoms with Crippen molar-refractivity contribution in [3.8, 4) is 0 Å². The van der Waals surface area contributed by atoms with Crippen molar-refractivity contribution in [3.05, 3.63) is 0 Å². The quantitative estimate of drug-likeness (QED) is 0.316. The fraction of sp³-hybridized carbons (Fsp3) is 1.00. The molecular formula is C6H17NO6S. The molecule has 0 radical (unpaired) electrons. The van der Waals surface area contributed by atoms with Crippen LogP contribution in [0.5, 0.6) is 0 Å². The third kappa shape index (κ3) is 41.1. The molecule has 0 saturated carbocycles. The molecule has 0 amide bonds. The predicted octanol–water partition coefficient (Wildman–Crippen LogP) is -0.620. The van der Waals surface area contributed by atoms with E-state index in [1.165, 1.54) is 0 Å². The van der Waals surface area contributed by atoms with E-state index in [0.29, 0.717) is 0 Å². The van der Waals surface area contributed by atoms with E-state index in [-0.39, 0.29) is 0 Å². The van der Waals surface area contributed by atoms with Gasteiger partial charge in [-0.05, 0) is 27.7 Å². The molecule has 14 heavy (non-hydrogen) atoms. The highest BCUT2D eigenvalue weighted by molar-refractivity contribution is 7.79. The highest BCUT2D eigenvalue weighted by atomic mass is 32.3. The lowest BCUT2D eigenvalue weighted by Crippen LogP contribution is -2.51. The lowest BCUT2D eigenvalue weighted by molar-refractivity contribution is -0.0634. The summed E-state index contributed by atoms with van der Waals surface area (Å²) < 4.78 is 31.6. The van der Waals surface area contributed by atoms with Gasteiger partial charge in [-0.3, -0.25) is 14.4 Å². The molecule has 0 aromatic rings. The molecule has 88 valence electrons. The number of nitrogens with one attached hydrogen (secondary N) is 1. The van der Waals surface area contributed by atoms with Crippen molar-refractivity contribution in [2.24, 2.45) is 0 Å². The zero-order valence-corrected chi connectivity index (χ0v) is 9.33. The molecule has 5 N–H and O–H groups in total. The van der Waals surface area contributed by atoms with Crippen LogP contribution in [0.3, 0.4) is 0 Å². The van der Waals surface area contributed by atoms with Crippen LogP contribution >= 0.6 is 0 Å². The summed E-state index contributed by atoms with van der Waals surface area (Å²) in [6.45, 7) is 6.30. The van der Waals surface area contributed by atoms with Gasteiger partial charge >= 0.3 is 10.4 Å². The lowest BCUT2D eigenvalue weighted by atomic mass is 10.2. The second kappa shape index (κ2) is 5.01. The molecule has 0 aromatic heterocycles. The maximum atomic E-state index is 9.08. The first-order valence-corrected chi connectivity index (χ1v) is 5.04. The van der Waals surface area contributed by atoms with E-state index >= 15 is 0 Å². The number of aliphatic hydroxyl groups is 2. The fourth-order valence-electron chi connectivity index (χ4n) is 0.749. The van der Waals surface area contributed by atoms with E-state index in [9.17, 15) is 0 Å². The van der Waals surface area contributed by atoms with Crippen LogP contribution in [0, 0.1) is 0 Å². The summed E-state index contributed by atoms with van der Waals surface area (Å²) in [7, 11) is -4.67. The van der Waals surface area contributed by atoms with E-state index in [1.807, 2.05) is 0 Å². The van der Waals surface area contributed by atoms with Crippen LogP contribution in [-0.2, 0) is 10.4 Å². The SMILES string of the molecule is CC(C)(O)NC(C)(C)O.O=S(=O)(O)O. The minimum Gasteiger partial charge on any atom is -0.376 e. The number of hydrogen-bond donors (Lipinski definition) is 5. The Labute approximate surface area is 83.3 Å². The molecule has 0 aliphatic rings.